The summed E-state index contributed by atoms with van der Waals surface area (Å²) in [4.78, 5) is 38.3. The van der Waals surface area contributed by atoms with Crippen molar-refractivity contribution in [3.8, 4) is 0 Å². The van der Waals surface area contributed by atoms with Crippen LogP contribution in [0.1, 0.15) is 22.5 Å². The Labute approximate surface area is 148 Å². The number of primary amides is 1. The average Bonchev–Trinajstić information content (AvgIpc) is 3.26. The summed E-state index contributed by atoms with van der Waals surface area (Å²) in [6.45, 7) is 0.568. The summed E-state index contributed by atoms with van der Waals surface area (Å²) in [6.07, 6.45) is 1.42. The molecule has 1 aromatic heterocycles. The smallest absolute Gasteiger partial charge is 0.316 e. The number of hydrogen-bond donors (Lipinski definition) is 3. The van der Waals surface area contributed by atoms with Gasteiger partial charge in [-0.2, -0.15) is 0 Å². The molecule has 0 spiro atoms. The van der Waals surface area contributed by atoms with Gasteiger partial charge >= 0.3 is 6.03 Å². The Morgan fingerprint density at radius 2 is 1.88 bits per heavy atom. The SMILES string of the molecule is NC(=O)Nc1cccc(NC(=O)[C@@H]2CCCN2C(=O)c2cccs2)c1. The first-order valence-corrected chi connectivity index (χ1v) is 8.74. The van der Waals surface area contributed by atoms with Crippen molar-refractivity contribution >= 4 is 40.6 Å². The van der Waals surface area contributed by atoms with Crippen LogP contribution in [0.25, 0.3) is 0 Å². The second-order valence-electron chi connectivity index (χ2n) is 5.69. The summed E-state index contributed by atoms with van der Waals surface area (Å²) in [6, 6.07) is 9.11. The maximum atomic E-state index is 12.6. The van der Waals surface area contributed by atoms with Crippen LogP contribution in [-0.4, -0.2) is 35.3 Å². The van der Waals surface area contributed by atoms with Crippen LogP contribution in [0, 0.1) is 0 Å². The quantitative estimate of drug-likeness (QED) is 0.782. The van der Waals surface area contributed by atoms with Crippen LogP contribution in [0.2, 0.25) is 0 Å². The van der Waals surface area contributed by atoms with E-state index in [-0.39, 0.29) is 11.8 Å². The van der Waals surface area contributed by atoms with E-state index < -0.39 is 12.1 Å². The third-order valence-electron chi connectivity index (χ3n) is 3.95. The Kier molecular flexibility index (Phi) is 4.99. The first-order chi connectivity index (χ1) is 12.0. The van der Waals surface area contributed by atoms with E-state index in [0.717, 1.165) is 6.42 Å². The number of nitrogens with two attached hydrogens (primary N) is 1. The normalized spacial score (nSPS) is 16.5. The molecule has 0 bridgehead atoms. The predicted molar refractivity (Wildman–Crippen MR) is 96.7 cm³/mol. The molecular formula is C17H18N4O3S. The van der Waals surface area contributed by atoms with Gasteiger partial charge in [0.15, 0.2) is 0 Å². The summed E-state index contributed by atoms with van der Waals surface area (Å²) >= 11 is 1.37. The molecule has 0 radical (unpaired) electrons. The lowest BCUT2D eigenvalue weighted by atomic mass is 10.2. The second kappa shape index (κ2) is 7.35. The van der Waals surface area contributed by atoms with Gasteiger partial charge in [0.1, 0.15) is 6.04 Å². The molecule has 1 saturated heterocycles. The van der Waals surface area contributed by atoms with Crippen LogP contribution in [0.4, 0.5) is 16.2 Å². The van der Waals surface area contributed by atoms with Gasteiger partial charge in [-0.1, -0.05) is 12.1 Å². The van der Waals surface area contributed by atoms with Crippen molar-refractivity contribution < 1.29 is 14.4 Å². The average molecular weight is 358 g/mol. The molecule has 4 N–H and O–H groups in total. The maximum Gasteiger partial charge on any atom is 0.316 e. The van der Waals surface area contributed by atoms with Gasteiger partial charge in [-0.25, -0.2) is 4.79 Å². The van der Waals surface area contributed by atoms with E-state index in [1.807, 2.05) is 11.4 Å². The fourth-order valence-electron chi connectivity index (χ4n) is 2.87. The highest BCUT2D eigenvalue weighted by Gasteiger charge is 2.34. The highest BCUT2D eigenvalue weighted by atomic mass is 32.1. The van der Waals surface area contributed by atoms with E-state index in [1.54, 1.807) is 35.2 Å². The lowest BCUT2D eigenvalue weighted by Gasteiger charge is -2.23. The van der Waals surface area contributed by atoms with Crippen molar-refractivity contribution in [1.29, 1.82) is 0 Å². The highest BCUT2D eigenvalue weighted by Crippen LogP contribution is 2.24. The zero-order chi connectivity index (χ0) is 17.8. The van der Waals surface area contributed by atoms with E-state index in [4.69, 9.17) is 5.73 Å². The molecule has 130 valence electrons. The van der Waals surface area contributed by atoms with Crippen LogP contribution in [0.5, 0.6) is 0 Å². The van der Waals surface area contributed by atoms with Gasteiger partial charge in [0.05, 0.1) is 4.88 Å². The number of likely N-dealkylation sites (tertiary alicyclic amines) is 1. The number of hydrogen-bond acceptors (Lipinski definition) is 4. The summed E-state index contributed by atoms with van der Waals surface area (Å²) in [5.74, 6) is -0.351. The Morgan fingerprint density at radius 1 is 1.12 bits per heavy atom. The molecule has 1 aromatic carbocycles. The van der Waals surface area contributed by atoms with Gasteiger partial charge in [-0.15, -0.1) is 11.3 Å². The minimum absolute atomic E-state index is 0.114. The third kappa shape index (κ3) is 3.97. The van der Waals surface area contributed by atoms with Crippen LogP contribution in [-0.2, 0) is 4.79 Å². The van der Waals surface area contributed by atoms with Gasteiger partial charge in [-0.05, 0) is 42.5 Å². The molecule has 1 aliphatic rings. The number of thiophene rings is 1. The van der Waals surface area contributed by atoms with Crippen LogP contribution in [0.15, 0.2) is 41.8 Å². The lowest BCUT2D eigenvalue weighted by molar-refractivity contribution is -0.119. The van der Waals surface area contributed by atoms with Gasteiger partial charge in [-0.3, -0.25) is 9.59 Å². The highest BCUT2D eigenvalue weighted by molar-refractivity contribution is 7.12. The van der Waals surface area contributed by atoms with Crippen molar-refractivity contribution in [2.24, 2.45) is 5.73 Å². The molecule has 0 unspecified atom stereocenters. The summed E-state index contributed by atoms with van der Waals surface area (Å²) in [7, 11) is 0. The van der Waals surface area contributed by atoms with E-state index in [2.05, 4.69) is 10.6 Å². The van der Waals surface area contributed by atoms with Crippen LogP contribution in [0.3, 0.4) is 0 Å². The zero-order valence-corrected chi connectivity index (χ0v) is 14.2. The van der Waals surface area contributed by atoms with Gasteiger partial charge in [0.2, 0.25) is 5.91 Å². The van der Waals surface area contributed by atoms with E-state index >= 15 is 0 Å². The minimum Gasteiger partial charge on any atom is -0.351 e. The molecule has 1 atom stereocenters. The van der Waals surface area contributed by atoms with Gasteiger partial charge < -0.3 is 21.3 Å². The fraction of sp³-hybridized carbons (Fsp3) is 0.235. The zero-order valence-electron chi connectivity index (χ0n) is 13.4. The van der Waals surface area contributed by atoms with Crippen molar-refractivity contribution in [2.75, 3.05) is 17.2 Å². The molecule has 0 saturated carbocycles. The number of carbonyl (C=O) groups excluding carboxylic acids is 3. The molecule has 7 nitrogen and oxygen atoms in total. The van der Waals surface area contributed by atoms with Crippen molar-refractivity contribution in [3.05, 3.63) is 46.7 Å². The molecule has 0 aliphatic carbocycles. The molecule has 1 fully saturated rings. The number of nitrogens with zero attached hydrogens (tertiary/aromatic N) is 1. The molecule has 8 heteroatoms. The topological polar surface area (TPSA) is 105 Å². The number of nitrogens with one attached hydrogen (secondary N) is 2. The first-order valence-electron chi connectivity index (χ1n) is 7.86. The van der Waals surface area contributed by atoms with E-state index in [0.29, 0.717) is 29.2 Å². The molecule has 1 aliphatic heterocycles. The monoisotopic (exact) mass is 358 g/mol. The summed E-state index contributed by atoms with van der Waals surface area (Å²) in [5, 5.41) is 7.11. The van der Waals surface area contributed by atoms with Gasteiger partial charge in [0.25, 0.3) is 5.91 Å². The Morgan fingerprint density at radius 3 is 2.56 bits per heavy atom. The standard InChI is InChI=1S/C17H18N4O3S/c18-17(24)20-12-5-1-4-11(10-12)19-15(22)13-6-2-8-21(13)16(23)14-7-3-9-25-14/h1,3-5,7,9-10,13H,2,6,8H2,(H,19,22)(H3,18,20,24)/t13-/m0/s1. The minimum atomic E-state index is -0.674. The maximum absolute atomic E-state index is 12.6. The molecule has 3 rings (SSSR count). The van der Waals surface area contributed by atoms with Crippen LogP contribution < -0.4 is 16.4 Å². The Hall–Kier alpha value is -2.87. The van der Waals surface area contributed by atoms with Crippen molar-refractivity contribution in [2.45, 2.75) is 18.9 Å². The molecule has 2 heterocycles. The number of amides is 4. The Balaban J connectivity index is 1.70. The van der Waals surface area contributed by atoms with E-state index in [9.17, 15) is 14.4 Å². The van der Waals surface area contributed by atoms with Crippen molar-refractivity contribution in [3.63, 3.8) is 0 Å². The molecule has 4 amide bonds. The molecule has 25 heavy (non-hydrogen) atoms. The van der Waals surface area contributed by atoms with Gasteiger partial charge in [0, 0.05) is 17.9 Å². The Bertz CT molecular complexity index is 791. The van der Waals surface area contributed by atoms with E-state index in [1.165, 1.54) is 11.3 Å². The molecule has 2 aromatic rings. The number of carbonyl (C=O) groups is 3. The first kappa shape index (κ1) is 17.0. The summed E-state index contributed by atoms with van der Waals surface area (Å²) < 4.78 is 0. The fourth-order valence-corrected chi connectivity index (χ4v) is 3.55. The third-order valence-corrected chi connectivity index (χ3v) is 4.80. The predicted octanol–water partition coefficient (Wildman–Crippen LogP) is 2.48. The second-order valence-corrected chi connectivity index (χ2v) is 6.64. The number of anilines is 2. The van der Waals surface area contributed by atoms with Crippen molar-refractivity contribution in [1.82, 2.24) is 4.90 Å². The van der Waals surface area contributed by atoms with Crippen LogP contribution >= 0.6 is 11.3 Å². The number of urea groups is 1. The largest absolute Gasteiger partial charge is 0.351 e. The lowest BCUT2D eigenvalue weighted by Crippen LogP contribution is -2.42. The molecular weight excluding hydrogens is 340 g/mol. The summed E-state index contributed by atoms with van der Waals surface area (Å²) in [5.41, 5.74) is 6.12. The number of benzene rings is 1. The number of rotatable bonds is 4.